The zero-order valence-electron chi connectivity index (χ0n) is 45.9. The fraction of sp³-hybridized carbons (Fsp3) is 0.0986. The molecule has 1 aliphatic carbocycles. The molecule has 0 saturated carbocycles. The van der Waals surface area contributed by atoms with Crippen molar-refractivity contribution in [3.05, 3.63) is 270 Å². The highest BCUT2D eigenvalue weighted by Gasteiger charge is 2.51. The Morgan fingerprint density at radius 1 is 0.457 bits per heavy atom. The smallest absolute Gasteiger partial charge is 0.227 e. The lowest BCUT2D eigenvalue weighted by Gasteiger charge is -2.35. The molecule has 10 aromatic carbocycles. The van der Waals surface area contributed by atoms with E-state index in [2.05, 4.69) is 230 Å². The van der Waals surface area contributed by atoms with Gasteiger partial charge in [-0.1, -0.05) is 195 Å². The van der Waals surface area contributed by atoms with Crippen LogP contribution in [-0.4, -0.2) is 26.1 Å². The lowest BCUT2D eigenvalue weighted by Crippen LogP contribution is -2.37. The Kier molecular flexibility index (Phi) is 12.4. The van der Waals surface area contributed by atoms with Gasteiger partial charge < -0.3 is 18.6 Å². The third kappa shape index (κ3) is 8.64. The van der Waals surface area contributed by atoms with Crippen molar-refractivity contribution in [3.8, 4) is 40.1 Å². The van der Waals surface area contributed by atoms with Gasteiger partial charge in [-0.05, 0) is 107 Å². The van der Waals surface area contributed by atoms with Crippen molar-refractivity contribution in [1.29, 1.82) is 5.26 Å². The number of nitrogens with zero attached hydrogens (tertiary/aromatic N) is 6. The standard InChI is InChI=1S/C71H56N6O2Si2/c1-73-52-29-21-24-49(43-52)70-75-66-62(77(54-32-18-11-19-33-54)56-36-40-58(41-37-56)81(5,6)7)45-60-64(68(66)79-70)63-59(71(60,50-25-12-8-13-26-50)51-27-14-9-15-28-51)44-61(65-67(63)78-69(74-65)48-23-20-22-47(42-48)46-72)76(53-30-16-10-17-31-53)55-34-38-57(39-35-55)80(2,3)4/h8-45H,2-7H3. The summed E-state index contributed by atoms with van der Waals surface area (Å²) in [6.07, 6.45) is 0. The summed E-state index contributed by atoms with van der Waals surface area (Å²) in [4.78, 5) is 19.5. The van der Waals surface area contributed by atoms with E-state index in [1.165, 1.54) is 10.4 Å². The monoisotopic (exact) mass is 1080 g/mol. The van der Waals surface area contributed by atoms with E-state index in [1.54, 1.807) is 12.1 Å². The van der Waals surface area contributed by atoms with Crippen molar-refractivity contribution >= 4 is 88.5 Å². The number of para-hydroxylation sites is 2. The van der Waals surface area contributed by atoms with Gasteiger partial charge in [-0.3, -0.25) is 0 Å². The predicted molar refractivity (Wildman–Crippen MR) is 336 cm³/mol. The van der Waals surface area contributed by atoms with Gasteiger partial charge in [0.1, 0.15) is 11.0 Å². The van der Waals surface area contributed by atoms with Crippen molar-refractivity contribution < 1.29 is 8.83 Å². The summed E-state index contributed by atoms with van der Waals surface area (Å²) in [5.41, 5.74) is 14.7. The van der Waals surface area contributed by atoms with E-state index >= 15 is 0 Å². The molecule has 81 heavy (non-hydrogen) atoms. The molecule has 0 spiro atoms. The van der Waals surface area contributed by atoms with E-state index in [0.717, 1.165) is 67.5 Å². The Hall–Kier alpha value is -9.85. The summed E-state index contributed by atoms with van der Waals surface area (Å²) < 4.78 is 14.9. The number of hydrogen-bond donors (Lipinski definition) is 0. The van der Waals surface area contributed by atoms with Crippen LogP contribution in [0.4, 0.5) is 39.8 Å². The number of anilines is 6. The molecule has 8 nitrogen and oxygen atoms in total. The first-order chi connectivity index (χ1) is 39.3. The molecule has 2 aromatic heterocycles. The van der Waals surface area contributed by atoms with Gasteiger partial charge in [0.2, 0.25) is 11.8 Å². The molecule has 0 bridgehead atoms. The van der Waals surface area contributed by atoms with Gasteiger partial charge in [-0.15, -0.1) is 0 Å². The summed E-state index contributed by atoms with van der Waals surface area (Å²) in [7, 11) is -3.38. The van der Waals surface area contributed by atoms with Crippen LogP contribution in [0.5, 0.6) is 0 Å². The zero-order valence-corrected chi connectivity index (χ0v) is 47.9. The third-order valence-corrected chi connectivity index (χ3v) is 19.9. The van der Waals surface area contributed by atoms with Crippen LogP contribution in [0.2, 0.25) is 39.3 Å². The molecule has 0 unspecified atom stereocenters. The minimum absolute atomic E-state index is 0.372. The Bertz CT molecular complexity index is 4150. The SMILES string of the molecule is [C-]#[N+]c1cccc(-c2nc3c(N(c4ccccc4)c4ccc([Si](C)(C)C)cc4)cc4c(c3o2)-c2c(cc(N(c3ccccc3)c3ccc([Si](C)(C)C)cc3)c3nc(-c5cccc(C#N)c5)oc23)C4(c2ccccc2)c2ccccc2)c1. The second kappa shape index (κ2) is 19.8. The average molecular weight is 1080 g/mol. The van der Waals surface area contributed by atoms with Crippen LogP contribution in [0.15, 0.2) is 239 Å². The highest BCUT2D eigenvalue weighted by Crippen LogP contribution is 2.63. The number of rotatable bonds is 12. The number of oxazole rings is 2. The molecular weight excluding hydrogens is 1020 g/mol. The highest BCUT2D eigenvalue weighted by atomic mass is 28.3. The molecule has 0 fully saturated rings. The van der Waals surface area contributed by atoms with Crippen LogP contribution in [0.1, 0.15) is 27.8 Å². The fourth-order valence-electron chi connectivity index (χ4n) is 11.8. The van der Waals surface area contributed by atoms with Crippen molar-refractivity contribution in [2.75, 3.05) is 9.80 Å². The summed E-state index contributed by atoms with van der Waals surface area (Å²) >= 11 is 0. The van der Waals surface area contributed by atoms with Crippen molar-refractivity contribution in [2.45, 2.75) is 44.7 Å². The average Bonchev–Trinajstić information content (AvgIpc) is 3.20. The number of nitriles is 1. The van der Waals surface area contributed by atoms with Gasteiger partial charge in [0.05, 0.1) is 51.1 Å². The van der Waals surface area contributed by atoms with E-state index < -0.39 is 21.6 Å². The molecular formula is C71H56N6O2Si2. The molecule has 0 radical (unpaired) electrons. The summed E-state index contributed by atoms with van der Waals surface area (Å²) in [5, 5.41) is 12.9. The molecule has 12 aromatic rings. The van der Waals surface area contributed by atoms with E-state index in [0.29, 0.717) is 56.4 Å². The zero-order chi connectivity index (χ0) is 55.6. The molecule has 0 N–H and O–H groups in total. The van der Waals surface area contributed by atoms with Gasteiger partial charge >= 0.3 is 0 Å². The van der Waals surface area contributed by atoms with Gasteiger partial charge in [0, 0.05) is 45.0 Å². The fourth-order valence-corrected chi connectivity index (χ4v) is 14.1. The van der Waals surface area contributed by atoms with E-state index in [9.17, 15) is 5.26 Å². The van der Waals surface area contributed by atoms with Crippen molar-refractivity contribution in [3.63, 3.8) is 0 Å². The Balaban J connectivity index is 1.23. The maximum Gasteiger partial charge on any atom is 0.227 e. The maximum atomic E-state index is 10.2. The lowest BCUT2D eigenvalue weighted by molar-refractivity contribution is 0.616. The summed E-state index contributed by atoms with van der Waals surface area (Å²) in [6.45, 7) is 22.3. The molecule has 10 heteroatoms. The van der Waals surface area contributed by atoms with E-state index in [4.69, 9.17) is 25.4 Å². The Morgan fingerprint density at radius 3 is 1.26 bits per heavy atom. The van der Waals surface area contributed by atoms with E-state index in [-0.39, 0.29) is 0 Å². The third-order valence-electron chi connectivity index (χ3n) is 15.7. The van der Waals surface area contributed by atoms with Crippen molar-refractivity contribution in [1.82, 2.24) is 9.97 Å². The second-order valence-corrected chi connectivity index (χ2v) is 33.0. The van der Waals surface area contributed by atoms with Gasteiger partial charge in [-0.25, -0.2) is 14.8 Å². The maximum absolute atomic E-state index is 10.2. The quantitative estimate of drug-likeness (QED) is 0.0890. The molecule has 1 aliphatic rings. The molecule has 0 saturated heterocycles. The van der Waals surface area contributed by atoms with Crippen LogP contribution >= 0.6 is 0 Å². The first kappa shape index (κ1) is 50.6. The van der Waals surface area contributed by atoms with E-state index in [1.807, 2.05) is 48.5 Å². The first-order valence-corrected chi connectivity index (χ1v) is 34.3. The number of aromatic nitrogens is 2. The highest BCUT2D eigenvalue weighted by molar-refractivity contribution is 6.89. The molecule has 0 amide bonds. The van der Waals surface area contributed by atoms with Crippen LogP contribution in [0, 0.1) is 17.9 Å². The Labute approximate surface area is 474 Å². The van der Waals surface area contributed by atoms with Crippen molar-refractivity contribution in [2.24, 2.45) is 0 Å². The molecule has 0 aliphatic heterocycles. The molecule has 390 valence electrons. The normalized spacial score (nSPS) is 12.6. The first-order valence-electron chi connectivity index (χ1n) is 27.3. The minimum atomic E-state index is -1.69. The number of fused-ring (bicyclic) bond motifs is 7. The number of benzene rings is 10. The van der Waals surface area contributed by atoms with Crippen LogP contribution in [-0.2, 0) is 5.41 Å². The van der Waals surface area contributed by atoms with Crippen LogP contribution in [0.25, 0.3) is 61.1 Å². The largest absolute Gasteiger partial charge is 0.435 e. The van der Waals surface area contributed by atoms with Crippen LogP contribution in [0.3, 0.4) is 0 Å². The predicted octanol–water partition coefficient (Wildman–Crippen LogP) is 18.1. The second-order valence-electron chi connectivity index (χ2n) is 22.8. The number of hydrogen-bond acceptors (Lipinski definition) is 7. The molecule has 0 atom stereocenters. The van der Waals surface area contributed by atoms with Gasteiger partial charge in [-0.2, -0.15) is 5.26 Å². The lowest BCUT2D eigenvalue weighted by atomic mass is 9.67. The van der Waals surface area contributed by atoms with Gasteiger partial charge in [0.25, 0.3) is 0 Å². The van der Waals surface area contributed by atoms with Gasteiger partial charge in [0.15, 0.2) is 16.9 Å². The minimum Gasteiger partial charge on any atom is -0.435 e. The van der Waals surface area contributed by atoms with Crippen LogP contribution < -0.4 is 20.2 Å². The summed E-state index contributed by atoms with van der Waals surface area (Å²) in [5.74, 6) is 0.749. The Morgan fingerprint density at radius 2 is 0.852 bits per heavy atom. The topological polar surface area (TPSA) is 86.7 Å². The molecule has 13 rings (SSSR count). The molecule has 2 heterocycles. The summed E-state index contributed by atoms with van der Waals surface area (Å²) in [6, 6.07) is 82.5.